The number of nitrogens with zero attached hydrogens (tertiary/aromatic N) is 2. The van der Waals surface area contributed by atoms with Gasteiger partial charge >= 0.3 is 0 Å². The van der Waals surface area contributed by atoms with Crippen molar-refractivity contribution in [2.24, 2.45) is 10.2 Å². The summed E-state index contributed by atoms with van der Waals surface area (Å²) in [5.74, 6) is 1.65. The fourth-order valence-corrected chi connectivity index (χ4v) is 1.41. The van der Waals surface area contributed by atoms with E-state index in [4.69, 9.17) is 6.42 Å². The van der Waals surface area contributed by atoms with Gasteiger partial charge in [-0.2, -0.15) is 5.11 Å². The first-order valence-electron chi connectivity index (χ1n) is 5.19. The molecule has 0 saturated heterocycles. The van der Waals surface area contributed by atoms with Gasteiger partial charge in [-0.15, -0.1) is 11.5 Å². The number of benzene rings is 1. The van der Waals surface area contributed by atoms with Crippen LogP contribution >= 0.6 is 0 Å². The van der Waals surface area contributed by atoms with Gasteiger partial charge in [-0.25, -0.2) is 0 Å². The van der Waals surface area contributed by atoms with Crippen LogP contribution in [0.2, 0.25) is 0 Å². The minimum atomic E-state index is -0.780. The van der Waals surface area contributed by atoms with Gasteiger partial charge in [0.15, 0.2) is 6.04 Å². The normalized spacial score (nSPS) is 17.3. The molecule has 0 aromatic heterocycles. The zero-order chi connectivity index (χ0) is 13.0. The van der Waals surface area contributed by atoms with E-state index in [0.29, 0.717) is 11.3 Å². The molecule has 0 aliphatic carbocycles. The third-order valence-electron chi connectivity index (χ3n) is 2.27. The Morgan fingerprint density at radius 3 is 2.94 bits per heavy atom. The SMILES string of the molecule is C#Cc1cccc(NC(=O)C2C=CC(=O)N=N2)c1. The van der Waals surface area contributed by atoms with E-state index in [1.807, 2.05) is 0 Å². The van der Waals surface area contributed by atoms with Crippen molar-refractivity contribution in [3.05, 3.63) is 42.0 Å². The molecule has 0 radical (unpaired) electrons. The highest BCUT2D eigenvalue weighted by atomic mass is 16.2. The summed E-state index contributed by atoms with van der Waals surface area (Å²) in [7, 11) is 0. The van der Waals surface area contributed by atoms with Gasteiger partial charge in [-0.05, 0) is 24.3 Å². The van der Waals surface area contributed by atoms with E-state index in [1.165, 1.54) is 12.2 Å². The Bertz CT molecular complexity index is 580. The summed E-state index contributed by atoms with van der Waals surface area (Å²) in [5, 5.41) is 9.55. The predicted octanol–water partition coefficient (Wildman–Crippen LogP) is 1.52. The molecular formula is C13H9N3O2. The van der Waals surface area contributed by atoms with Gasteiger partial charge in [-0.1, -0.05) is 12.0 Å². The fourth-order valence-electron chi connectivity index (χ4n) is 1.41. The number of hydrogen-bond donors (Lipinski definition) is 1. The number of hydrogen-bond acceptors (Lipinski definition) is 3. The van der Waals surface area contributed by atoms with Crippen LogP contribution in [0.4, 0.5) is 5.69 Å². The van der Waals surface area contributed by atoms with E-state index in [-0.39, 0.29) is 5.91 Å². The number of anilines is 1. The minimum Gasteiger partial charge on any atom is -0.324 e. The lowest BCUT2D eigenvalue weighted by molar-refractivity contribution is -0.117. The lowest BCUT2D eigenvalue weighted by Gasteiger charge is -2.10. The summed E-state index contributed by atoms with van der Waals surface area (Å²) in [4.78, 5) is 22.6. The van der Waals surface area contributed by atoms with Crippen LogP contribution in [-0.2, 0) is 9.59 Å². The largest absolute Gasteiger partial charge is 0.324 e. The van der Waals surface area contributed by atoms with Gasteiger partial charge in [0.25, 0.3) is 11.8 Å². The molecule has 1 unspecified atom stereocenters. The lowest BCUT2D eigenvalue weighted by atomic mass is 10.2. The average Bonchev–Trinajstić information content (AvgIpc) is 2.39. The maximum Gasteiger partial charge on any atom is 0.287 e. The van der Waals surface area contributed by atoms with Crippen LogP contribution in [0.15, 0.2) is 46.6 Å². The van der Waals surface area contributed by atoms with Gasteiger partial charge in [0.2, 0.25) is 0 Å². The Hall–Kier alpha value is -2.74. The molecule has 5 heteroatoms. The van der Waals surface area contributed by atoms with Crippen LogP contribution in [0.5, 0.6) is 0 Å². The Balaban J connectivity index is 2.08. The van der Waals surface area contributed by atoms with Crippen LogP contribution in [0.1, 0.15) is 5.56 Å². The first-order chi connectivity index (χ1) is 8.69. The Labute approximate surface area is 104 Å². The number of nitrogens with one attached hydrogen (secondary N) is 1. The molecule has 1 aliphatic heterocycles. The number of rotatable bonds is 2. The molecule has 1 aliphatic rings. The second kappa shape index (κ2) is 5.06. The maximum absolute atomic E-state index is 11.8. The second-order valence-electron chi connectivity index (χ2n) is 3.57. The number of terminal acetylenes is 1. The third-order valence-corrected chi connectivity index (χ3v) is 2.27. The highest BCUT2D eigenvalue weighted by Crippen LogP contribution is 2.12. The van der Waals surface area contributed by atoms with Crippen molar-refractivity contribution in [2.45, 2.75) is 6.04 Å². The van der Waals surface area contributed by atoms with Crippen LogP contribution in [0.25, 0.3) is 0 Å². The first kappa shape index (κ1) is 11.7. The summed E-state index contributed by atoms with van der Waals surface area (Å²) in [5.41, 5.74) is 1.25. The van der Waals surface area contributed by atoms with E-state index < -0.39 is 11.9 Å². The predicted molar refractivity (Wildman–Crippen MR) is 65.8 cm³/mol. The summed E-state index contributed by atoms with van der Waals surface area (Å²) >= 11 is 0. The monoisotopic (exact) mass is 239 g/mol. The van der Waals surface area contributed by atoms with Crippen LogP contribution in [0.3, 0.4) is 0 Å². The molecule has 2 rings (SSSR count). The standard InChI is InChI=1S/C13H9N3O2/c1-2-9-4-3-5-10(8-9)14-13(18)11-6-7-12(17)16-15-11/h1,3-8,11H,(H,14,18). The van der Waals surface area contributed by atoms with Gasteiger partial charge in [-0.3, -0.25) is 9.59 Å². The third kappa shape index (κ3) is 2.68. The lowest BCUT2D eigenvalue weighted by Crippen LogP contribution is -2.25. The number of carbonyl (C=O) groups is 2. The number of carbonyl (C=O) groups excluding carboxylic acids is 2. The number of amides is 2. The van der Waals surface area contributed by atoms with Gasteiger partial charge in [0.05, 0.1) is 0 Å². The van der Waals surface area contributed by atoms with Crippen molar-refractivity contribution in [2.75, 3.05) is 5.32 Å². The molecule has 0 bridgehead atoms. The highest BCUT2D eigenvalue weighted by molar-refractivity contribution is 5.98. The molecule has 5 nitrogen and oxygen atoms in total. The van der Waals surface area contributed by atoms with Crippen LogP contribution < -0.4 is 5.32 Å². The van der Waals surface area contributed by atoms with Crippen LogP contribution in [-0.4, -0.2) is 17.9 Å². The van der Waals surface area contributed by atoms with Gasteiger partial charge < -0.3 is 5.32 Å². The van der Waals surface area contributed by atoms with Gasteiger partial charge in [0, 0.05) is 17.3 Å². The zero-order valence-corrected chi connectivity index (χ0v) is 9.33. The van der Waals surface area contributed by atoms with Crippen molar-refractivity contribution < 1.29 is 9.59 Å². The van der Waals surface area contributed by atoms with Crippen molar-refractivity contribution in [3.8, 4) is 12.3 Å². The Morgan fingerprint density at radius 1 is 1.44 bits per heavy atom. The molecular weight excluding hydrogens is 230 g/mol. The topological polar surface area (TPSA) is 70.9 Å². The quantitative estimate of drug-likeness (QED) is 0.795. The van der Waals surface area contributed by atoms with Crippen LogP contribution in [0, 0.1) is 12.3 Å². The highest BCUT2D eigenvalue weighted by Gasteiger charge is 2.18. The molecule has 1 atom stereocenters. The Kier molecular flexibility index (Phi) is 3.30. The first-order valence-corrected chi connectivity index (χ1v) is 5.19. The van der Waals surface area contributed by atoms with Crippen molar-refractivity contribution in [1.82, 2.24) is 0 Å². The van der Waals surface area contributed by atoms with Crippen molar-refractivity contribution >= 4 is 17.5 Å². The zero-order valence-electron chi connectivity index (χ0n) is 9.33. The number of azo groups is 1. The Morgan fingerprint density at radius 2 is 2.28 bits per heavy atom. The van der Waals surface area contributed by atoms with E-state index in [2.05, 4.69) is 21.5 Å². The fraction of sp³-hybridized carbons (Fsp3) is 0.0769. The molecule has 1 N–H and O–H groups in total. The van der Waals surface area contributed by atoms with E-state index in [1.54, 1.807) is 24.3 Å². The summed E-state index contributed by atoms with van der Waals surface area (Å²) in [6, 6.07) is 6.11. The molecule has 1 heterocycles. The summed E-state index contributed by atoms with van der Waals surface area (Å²) < 4.78 is 0. The van der Waals surface area contributed by atoms with E-state index >= 15 is 0 Å². The molecule has 1 aromatic rings. The molecule has 88 valence electrons. The van der Waals surface area contributed by atoms with Crippen molar-refractivity contribution in [1.29, 1.82) is 0 Å². The summed E-state index contributed by atoms with van der Waals surface area (Å²) in [6.45, 7) is 0. The molecule has 1 aromatic carbocycles. The average molecular weight is 239 g/mol. The maximum atomic E-state index is 11.8. The molecule has 2 amide bonds. The van der Waals surface area contributed by atoms with E-state index in [9.17, 15) is 9.59 Å². The summed E-state index contributed by atoms with van der Waals surface area (Å²) in [6.07, 6.45) is 7.88. The molecule has 0 fully saturated rings. The minimum absolute atomic E-state index is 0.364. The molecule has 0 spiro atoms. The second-order valence-corrected chi connectivity index (χ2v) is 3.57. The van der Waals surface area contributed by atoms with Crippen molar-refractivity contribution in [3.63, 3.8) is 0 Å². The van der Waals surface area contributed by atoms with E-state index in [0.717, 1.165) is 0 Å². The molecule has 0 saturated carbocycles. The molecule has 18 heavy (non-hydrogen) atoms. The smallest absolute Gasteiger partial charge is 0.287 e. The van der Waals surface area contributed by atoms with Gasteiger partial charge in [0.1, 0.15) is 0 Å².